The normalized spacial score (nSPS) is 20.4. The van der Waals surface area contributed by atoms with Crippen LogP contribution < -0.4 is 15.0 Å². The van der Waals surface area contributed by atoms with E-state index in [4.69, 9.17) is 14.2 Å². The molecule has 44 heavy (non-hydrogen) atoms. The molecule has 8 heteroatoms. The summed E-state index contributed by atoms with van der Waals surface area (Å²) in [7, 11) is 1.47. The van der Waals surface area contributed by atoms with E-state index in [2.05, 4.69) is 13.8 Å². The molecule has 0 amide bonds. The van der Waals surface area contributed by atoms with Crippen molar-refractivity contribution >= 4 is 34.7 Å². The molecule has 2 aromatic carbocycles. The molecule has 0 N–H and O–H groups in total. The maximum absolute atomic E-state index is 14.2. The highest BCUT2D eigenvalue weighted by atomic mass is 16.5. The van der Waals surface area contributed by atoms with Gasteiger partial charge in [-0.25, -0.2) is 4.79 Å². The van der Waals surface area contributed by atoms with Gasteiger partial charge in [0.15, 0.2) is 0 Å². The number of esters is 2. The molecule has 2 atom stereocenters. The van der Waals surface area contributed by atoms with Gasteiger partial charge in [0.25, 0.3) is 5.56 Å². The summed E-state index contributed by atoms with van der Waals surface area (Å²) in [5.41, 5.74) is 3.34. The fraction of sp³-hybridized carbons (Fsp3) is 0.444. The number of ketones is 1. The number of hydrogen-bond acceptors (Lipinski definition) is 7. The van der Waals surface area contributed by atoms with Crippen molar-refractivity contribution in [2.45, 2.75) is 91.2 Å². The summed E-state index contributed by atoms with van der Waals surface area (Å²) in [6.07, 6.45) is 6.69. The van der Waals surface area contributed by atoms with Crippen LogP contribution in [-0.4, -0.2) is 35.5 Å². The first kappa shape index (κ1) is 31.2. The number of carbonyl (C=O) groups is 3. The lowest BCUT2D eigenvalue weighted by Gasteiger charge is -2.29. The molecule has 2 aliphatic rings. The summed E-state index contributed by atoms with van der Waals surface area (Å²) in [4.78, 5) is 53.3. The Morgan fingerprint density at radius 1 is 1.05 bits per heavy atom. The molecular weight excluding hydrogens is 558 g/mol. The van der Waals surface area contributed by atoms with Crippen molar-refractivity contribution in [2.24, 2.45) is 5.92 Å². The van der Waals surface area contributed by atoms with E-state index in [1.165, 1.54) is 7.11 Å². The molecule has 0 spiro atoms. The largest absolute Gasteiger partial charge is 0.495 e. The van der Waals surface area contributed by atoms with Crippen LogP contribution in [0.1, 0.15) is 104 Å². The highest BCUT2D eigenvalue weighted by molar-refractivity contribution is 5.99. The number of rotatable bonds is 4. The van der Waals surface area contributed by atoms with E-state index in [1.807, 2.05) is 44.2 Å². The third-order valence-electron chi connectivity index (χ3n) is 8.36. The number of aromatic nitrogens is 1. The fourth-order valence-electron chi connectivity index (χ4n) is 6.30. The van der Waals surface area contributed by atoms with Crippen LogP contribution in [0, 0.1) is 12.8 Å². The number of Topliss-reactive ketones (excluding diaryl/α,β-unsaturated/α-hetero) is 1. The first-order chi connectivity index (χ1) is 21.1. The van der Waals surface area contributed by atoms with Gasteiger partial charge in [-0.1, -0.05) is 37.6 Å². The second-order valence-electron chi connectivity index (χ2n) is 12.4. The second-order valence-corrected chi connectivity index (χ2v) is 12.4. The first-order valence-electron chi connectivity index (χ1n) is 15.6. The number of allylic oxidation sites excluding steroid dienone is 1. The van der Waals surface area contributed by atoms with Gasteiger partial charge in [-0.15, -0.1) is 0 Å². The summed E-state index contributed by atoms with van der Waals surface area (Å²) < 4.78 is 19.4. The van der Waals surface area contributed by atoms with Gasteiger partial charge in [0.1, 0.15) is 22.8 Å². The lowest BCUT2D eigenvalue weighted by Crippen LogP contribution is -2.31. The van der Waals surface area contributed by atoms with Crippen LogP contribution in [0.3, 0.4) is 0 Å². The molecule has 8 nitrogen and oxygen atoms in total. The first-order valence-corrected chi connectivity index (χ1v) is 15.6. The van der Waals surface area contributed by atoms with Gasteiger partial charge in [-0.2, -0.15) is 0 Å². The molecule has 3 aromatic rings. The van der Waals surface area contributed by atoms with Crippen LogP contribution in [0.25, 0.3) is 17.0 Å². The predicted octanol–water partition coefficient (Wildman–Crippen LogP) is 6.90. The number of nitrogens with zero attached hydrogens (tertiary/aromatic N) is 1. The number of hydrogen-bond donors (Lipinski definition) is 0. The quantitative estimate of drug-likeness (QED) is 0.238. The summed E-state index contributed by atoms with van der Waals surface area (Å²) in [5, 5.41) is 0.896. The number of cyclic esters (lactones) is 1. The van der Waals surface area contributed by atoms with Gasteiger partial charge >= 0.3 is 11.9 Å². The smallest absolute Gasteiger partial charge is 0.342 e. The van der Waals surface area contributed by atoms with Gasteiger partial charge in [-0.05, 0) is 80.7 Å². The SMILES string of the molecule is COc1c2c(cc3c1[C@H](c1cc4cc(C)ccc4n(CC(C)C)c1=O)CC(=O)O3)/C=C/CCCC(=O)CCC[C@H](C)OC2=O. The Kier molecular flexibility index (Phi) is 9.37. The van der Waals surface area contributed by atoms with Crippen LogP contribution >= 0.6 is 0 Å². The number of fused-ring (bicyclic) bond motifs is 3. The molecule has 2 aliphatic heterocycles. The van der Waals surface area contributed by atoms with Crippen molar-refractivity contribution in [3.05, 3.63) is 74.6 Å². The molecule has 1 aromatic heterocycles. The number of ether oxygens (including phenoxy) is 3. The third kappa shape index (κ3) is 6.49. The number of pyridine rings is 1. The van der Waals surface area contributed by atoms with Gasteiger partial charge in [0.05, 0.1) is 25.2 Å². The number of methoxy groups -OCH3 is 1. The van der Waals surface area contributed by atoms with Gasteiger partial charge in [-0.3, -0.25) is 14.4 Å². The average Bonchev–Trinajstić information content (AvgIpc) is 2.96. The fourth-order valence-corrected chi connectivity index (χ4v) is 6.30. The number of carbonyl (C=O) groups excluding carboxylic acids is 3. The third-order valence-corrected chi connectivity index (χ3v) is 8.36. The Labute approximate surface area is 258 Å². The van der Waals surface area contributed by atoms with E-state index >= 15 is 0 Å². The molecule has 0 unspecified atom stereocenters. The molecule has 5 rings (SSSR count). The standard InChI is InChI=1S/C36H41NO7/c1-21(2)20-37-29-15-14-22(3)16-25(29)17-28(35(37)40)27-19-31(39)44-30-18-24-11-7-6-8-12-26(38)13-9-10-23(4)43-36(41)32(24)34(42-5)33(27)30/h7,11,14-18,21,23,27H,6,8-10,12-13,19-20H2,1-5H3/b11-7+/t23-,27-/m0/s1. The van der Waals surface area contributed by atoms with Crippen molar-refractivity contribution in [1.82, 2.24) is 4.57 Å². The van der Waals surface area contributed by atoms with Gasteiger partial charge in [0.2, 0.25) is 0 Å². The average molecular weight is 600 g/mol. The van der Waals surface area contributed by atoms with Crippen molar-refractivity contribution in [1.29, 1.82) is 0 Å². The highest BCUT2D eigenvalue weighted by Crippen LogP contribution is 2.47. The van der Waals surface area contributed by atoms with Crippen molar-refractivity contribution in [2.75, 3.05) is 7.11 Å². The summed E-state index contributed by atoms with van der Waals surface area (Å²) in [6.45, 7) is 8.45. The minimum absolute atomic E-state index is 0.0777. The van der Waals surface area contributed by atoms with Crippen molar-refractivity contribution in [3.8, 4) is 11.5 Å². The van der Waals surface area contributed by atoms with E-state index in [-0.39, 0.29) is 40.7 Å². The molecular formula is C36H41NO7. The Morgan fingerprint density at radius 2 is 1.82 bits per heavy atom. The highest BCUT2D eigenvalue weighted by Gasteiger charge is 2.37. The van der Waals surface area contributed by atoms with E-state index in [0.29, 0.717) is 61.8 Å². The monoisotopic (exact) mass is 599 g/mol. The van der Waals surface area contributed by atoms with Crippen LogP contribution in [-0.2, 0) is 20.9 Å². The zero-order valence-electron chi connectivity index (χ0n) is 26.2. The minimum atomic E-state index is -0.698. The predicted molar refractivity (Wildman–Crippen MR) is 169 cm³/mol. The summed E-state index contributed by atoms with van der Waals surface area (Å²) >= 11 is 0. The van der Waals surface area contributed by atoms with Crippen LogP contribution in [0.5, 0.6) is 11.5 Å². The van der Waals surface area contributed by atoms with Crippen LogP contribution in [0.15, 0.2) is 41.2 Å². The molecule has 0 saturated carbocycles. The number of benzene rings is 2. The van der Waals surface area contributed by atoms with E-state index in [0.717, 1.165) is 16.5 Å². The van der Waals surface area contributed by atoms with Crippen molar-refractivity contribution in [3.63, 3.8) is 0 Å². The molecule has 0 bridgehead atoms. The summed E-state index contributed by atoms with van der Waals surface area (Å²) in [5.74, 6) is -0.830. The Hall–Kier alpha value is -4.20. The Morgan fingerprint density at radius 3 is 2.57 bits per heavy atom. The molecule has 0 fully saturated rings. The Balaban J connectivity index is 1.73. The van der Waals surface area contributed by atoms with E-state index < -0.39 is 24.0 Å². The van der Waals surface area contributed by atoms with Gasteiger partial charge < -0.3 is 18.8 Å². The van der Waals surface area contributed by atoms with Gasteiger partial charge in [0, 0.05) is 36.4 Å². The maximum atomic E-state index is 14.2. The molecule has 3 heterocycles. The summed E-state index contributed by atoms with van der Waals surface area (Å²) in [6, 6.07) is 9.51. The van der Waals surface area contributed by atoms with Crippen LogP contribution in [0.2, 0.25) is 0 Å². The second kappa shape index (κ2) is 13.2. The van der Waals surface area contributed by atoms with Crippen LogP contribution in [0.4, 0.5) is 0 Å². The maximum Gasteiger partial charge on any atom is 0.342 e. The van der Waals surface area contributed by atoms with Crippen molar-refractivity contribution < 1.29 is 28.6 Å². The molecule has 0 radical (unpaired) electrons. The molecule has 0 saturated heterocycles. The lowest BCUT2D eigenvalue weighted by molar-refractivity contribution is -0.135. The minimum Gasteiger partial charge on any atom is -0.495 e. The molecule has 0 aliphatic carbocycles. The number of aryl methyl sites for hydroxylation is 1. The zero-order chi connectivity index (χ0) is 31.5. The molecule has 232 valence electrons. The lowest BCUT2D eigenvalue weighted by atomic mass is 9.83. The Bertz CT molecular complexity index is 1700. The zero-order valence-corrected chi connectivity index (χ0v) is 26.2. The topological polar surface area (TPSA) is 101 Å². The van der Waals surface area contributed by atoms with E-state index in [1.54, 1.807) is 16.7 Å². The van der Waals surface area contributed by atoms with E-state index in [9.17, 15) is 19.2 Å².